The Kier molecular flexibility index (Phi) is 5.81. The van der Waals surface area contributed by atoms with Crippen LogP contribution in [0.1, 0.15) is 35.7 Å². The number of fused-ring (bicyclic) bond motifs is 1. The molecule has 4 amide bonds. The van der Waals surface area contributed by atoms with Gasteiger partial charge in [0, 0.05) is 29.8 Å². The van der Waals surface area contributed by atoms with E-state index in [1.165, 1.54) is 4.90 Å². The lowest BCUT2D eigenvalue weighted by molar-refractivity contribution is -0.137. The number of benzene rings is 2. The van der Waals surface area contributed by atoms with Crippen LogP contribution in [0, 0.1) is 0 Å². The first-order chi connectivity index (χ1) is 15.4. The molecular formula is C23H23N3O6. The molecule has 2 aromatic rings. The number of hydrogen-bond acceptors (Lipinski definition) is 6. The molecular weight excluding hydrogens is 414 g/mol. The number of nitrogens with one attached hydrogen (secondary N) is 2. The predicted molar refractivity (Wildman–Crippen MR) is 114 cm³/mol. The number of nitrogens with zero attached hydrogens (tertiary/aromatic N) is 1. The van der Waals surface area contributed by atoms with E-state index in [0.29, 0.717) is 28.3 Å². The molecule has 9 nitrogen and oxygen atoms in total. The summed E-state index contributed by atoms with van der Waals surface area (Å²) in [5.41, 5.74) is 1.55. The number of carbonyl (C=O) groups excluding carboxylic acids is 4. The summed E-state index contributed by atoms with van der Waals surface area (Å²) in [6.45, 7) is 1.80. The van der Waals surface area contributed by atoms with Crippen molar-refractivity contribution in [3.63, 3.8) is 0 Å². The first kappa shape index (κ1) is 21.4. The Morgan fingerprint density at radius 3 is 2.53 bits per heavy atom. The van der Waals surface area contributed by atoms with Crippen molar-refractivity contribution >= 4 is 29.3 Å². The second kappa shape index (κ2) is 8.70. The van der Waals surface area contributed by atoms with Gasteiger partial charge < -0.3 is 19.7 Å². The van der Waals surface area contributed by atoms with Gasteiger partial charge in [-0.05, 0) is 49.7 Å². The third kappa shape index (κ3) is 4.14. The molecule has 9 heteroatoms. The van der Waals surface area contributed by atoms with E-state index in [9.17, 15) is 19.2 Å². The first-order valence-electron chi connectivity index (χ1n) is 10.3. The van der Waals surface area contributed by atoms with E-state index in [4.69, 9.17) is 9.47 Å². The van der Waals surface area contributed by atoms with Crippen LogP contribution in [-0.2, 0) is 20.9 Å². The molecule has 2 aliphatic rings. The number of amides is 4. The smallest absolute Gasteiger partial charge is 0.265 e. The minimum atomic E-state index is -0.789. The van der Waals surface area contributed by atoms with Gasteiger partial charge in [-0.2, -0.15) is 0 Å². The van der Waals surface area contributed by atoms with E-state index in [-0.39, 0.29) is 37.1 Å². The predicted octanol–water partition coefficient (Wildman–Crippen LogP) is 1.86. The zero-order valence-corrected chi connectivity index (χ0v) is 17.7. The van der Waals surface area contributed by atoms with E-state index in [0.717, 1.165) is 0 Å². The quantitative estimate of drug-likeness (QED) is 0.667. The Labute approximate surface area is 184 Å². The second-order valence-corrected chi connectivity index (χ2v) is 7.66. The van der Waals surface area contributed by atoms with Crippen LogP contribution in [0.25, 0.3) is 0 Å². The minimum absolute atomic E-state index is 0.171. The summed E-state index contributed by atoms with van der Waals surface area (Å²) >= 11 is 0. The van der Waals surface area contributed by atoms with Gasteiger partial charge in [0.1, 0.15) is 17.5 Å². The van der Waals surface area contributed by atoms with Crippen molar-refractivity contribution in [2.24, 2.45) is 0 Å². The summed E-state index contributed by atoms with van der Waals surface area (Å²) < 4.78 is 10.8. The summed E-state index contributed by atoms with van der Waals surface area (Å²) in [5, 5.41) is 5.10. The molecule has 0 radical (unpaired) electrons. The molecule has 2 aromatic carbocycles. The Balaban J connectivity index is 1.46. The number of hydrogen-bond donors (Lipinski definition) is 2. The highest BCUT2D eigenvalue weighted by molar-refractivity contribution is 6.07. The Morgan fingerprint density at radius 1 is 1.12 bits per heavy atom. The minimum Gasteiger partial charge on any atom is -0.497 e. The Hall–Kier alpha value is -3.88. The van der Waals surface area contributed by atoms with E-state index < -0.39 is 18.1 Å². The van der Waals surface area contributed by atoms with Crippen LogP contribution in [-0.4, -0.2) is 47.8 Å². The lowest BCUT2D eigenvalue weighted by Crippen LogP contribution is -2.52. The molecule has 1 saturated heterocycles. The topological polar surface area (TPSA) is 114 Å². The van der Waals surface area contributed by atoms with Crippen LogP contribution >= 0.6 is 0 Å². The van der Waals surface area contributed by atoms with Crippen LogP contribution < -0.4 is 20.1 Å². The fourth-order valence-electron chi connectivity index (χ4n) is 3.85. The molecule has 0 spiro atoms. The molecule has 1 fully saturated rings. The summed E-state index contributed by atoms with van der Waals surface area (Å²) in [6.07, 6.45) is -0.332. The van der Waals surface area contributed by atoms with Crippen LogP contribution in [0.4, 0.5) is 5.69 Å². The van der Waals surface area contributed by atoms with Crippen LogP contribution in [0.3, 0.4) is 0 Å². The number of methoxy groups -OCH3 is 1. The second-order valence-electron chi connectivity index (χ2n) is 7.66. The van der Waals surface area contributed by atoms with Crippen molar-refractivity contribution in [1.82, 2.24) is 10.2 Å². The average molecular weight is 437 g/mol. The molecule has 32 heavy (non-hydrogen) atoms. The molecule has 166 valence electrons. The molecule has 2 aliphatic heterocycles. The lowest BCUT2D eigenvalue weighted by atomic mass is 10.0. The van der Waals surface area contributed by atoms with Crippen molar-refractivity contribution in [2.45, 2.75) is 38.5 Å². The van der Waals surface area contributed by atoms with Gasteiger partial charge in [-0.15, -0.1) is 0 Å². The van der Waals surface area contributed by atoms with Crippen LogP contribution in [0.2, 0.25) is 0 Å². The van der Waals surface area contributed by atoms with Gasteiger partial charge in [-0.25, -0.2) is 0 Å². The zero-order chi connectivity index (χ0) is 22.8. The maximum absolute atomic E-state index is 12.9. The standard InChI is InChI=1S/C23H23N3O6/c1-13(32-15-8-6-14(31-2)7-9-15)21(28)24-18-5-3-4-16-17(18)12-26(23(16)30)19-10-11-20(27)25-22(19)29/h3-9,13,19H,10-12H2,1-2H3,(H,24,28)(H,25,27,29). The number of carbonyl (C=O) groups is 4. The summed E-state index contributed by atoms with van der Waals surface area (Å²) in [6, 6.07) is 11.2. The van der Waals surface area contributed by atoms with E-state index >= 15 is 0 Å². The number of imide groups is 1. The third-order valence-electron chi connectivity index (χ3n) is 5.58. The van der Waals surface area contributed by atoms with Gasteiger partial charge in [-0.1, -0.05) is 6.07 Å². The van der Waals surface area contributed by atoms with Gasteiger partial charge in [-0.3, -0.25) is 24.5 Å². The normalized spacial score (nSPS) is 18.6. The van der Waals surface area contributed by atoms with Crippen molar-refractivity contribution in [3.05, 3.63) is 53.6 Å². The fraction of sp³-hybridized carbons (Fsp3) is 0.304. The Morgan fingerprint density at radius 2 is 1.84 bits per heavy atom. The summed E-state index contributed by atoms with van der Waals surface area (Å²) in [7, 11) is 1.57. The summed E-state index contributed by atoms with van der Waals surface area (Å²) in [5.74, 6) is -0.288. The van der Waals surface area contributed by atoms with Gasteiger partial charge in [0.05, 0.1) is 7.11 Å². The zero-order valence-electron chi connectivity index (χ0n) is 17.7. The molecule has 0 aromatic heterocycles. The van der Waals surface area contributed by atoms with Gasteiger partial charge >= 0.3 is 0 Å². The van der Waals surface area contributed by atoms with Crippen molar-refractivity contribution < 1.29 is 28.7 Å². The van der Waals surface area contributed by atoms with Gasteiger partial charge in [0.15, 0.2) is 6.10 Å². The monoisotopic (exact) mass is 437 g/mol. The van der Waals surface area contributed by atoms with E-state index in [2.05, 4.69) is 10.6 Å². The lowest BCUT2D eigenvalue weighted by Gasteiger charge is -2.29. The van der Waals surface area contributed by atoms with Crippen molar-refractivity contribution in [2.75, 3.05) is 12.4 Å². The number of anilines is 1. The van der Waals surface area contributed by atoms with E-state index in [1.807, 2.05) is 0 Å². The molecule has 2 heterocycles. The SMILES string of the molecule is COc1ccc(OC(C)C(=O)Nc2cccc3c2CN(C2CCC(=O)NC2=O)C3=O)cc1. The van der Waals surface area contributed by atoms with Crippen molar-refractivity contribution in [3.8, 4) is 11.5 Å². The van der Waals surface area contributed by atoms with Crippen LogP contribution in [0.5, 0.6) is 11.5 Å². The number of rotatable bonds is 6. The average Bonchev–Trinajstić information content (AvgIpc) is 3.11. The van der Waals surface area contributed by atoms with Crippen LogP contribution in [0.15, 0.2) is 42.5 Å². The maximum atomic E-state index is 12.9. The number of piperidine rings is 1. The third-order valence-corrected chi connectivity index (χ3v) is 5.58. The molecule has 2 N–H and O–H groups in total. The maximum Gasteiger partial charge on any atom is 0.265 e. The number of ether oxygens (including phenoxy) is 2. The highest BCUT2D eigenvalue weighted by Gasteiger charge is 2.40. The molecule has 0 aliphatic carbocycles. The highest BCUT2D eigenvalue weighted by atomic mass is 16.5. The highest BCUT2D eigenvalue weighted by Crippen LogP contribution is 2.32. The first-order valence-corrected chi connectivity index (χ1v) is 10.3. The Bertz CT molecular complexity index is 1080. The van der Waals surface area contributed by atoms with Gasteiger partial charge in [0.2, 0.25) is 11.8 Å². The molecule has 0 bridgehead atoms. The summed E-state index contributed by atoms with van der Waals surface area (Å²) in [4.78, 5) is 50.7. The van der Waals surface area contributed by atoms with E-state index in [1.54, 1.807) is 56.5 Å². The fourth-order valence-corrected chi connectivity index (χ4v) is 3.85. The molecule has 2 unspecified atom stereocenters. The van der Waals surface area contributed by atoms with Gasteiger partial charge in [0.25, 0.3) is 11.8 Å². The molecule has 0 saturated carbocycles. The van der Waals surface area contributed by atoms with Crippen molar-refractivity contribution in [1.29, 1.82) is 0 Å². The largest absolute Gasteiger partial charge is 0.497 e. The molecule has 4 rings (SSSR count). The molecule has 2 atom stereocenters.